The van der Waals surface area contributed by atoms with Gasteiger partial charge in [0.25, 0.3) is 0 Å². The number of likely N-dealkylation sites (tertiary alicyclic amines) is 1. The Morgan fingerprint density at radius 3 is 2.58 bits per heavy atom. The van der Waals surface area contributed by atoms with E-state index in [2.05, 4.69) is 42.7 Å². The van der Waals surface area contributed by atoms with Crippen LogP contribution >= 0.6 is 0 Å². The van der Waals surface area contributed by atoms with Gasteiger partial charge in [0, 0.05) is 25.2 Å². The van der Waals surface area contributed by atoms with Crippen LogP contribution in [0.3, 0.4) is 0 Å². The zero-order valence-corrected chi connectivity index (χ0v) is 21.8. The fourth-order valence-corrected chi connectivity index (χ4v) is 6.80. The molecule has 0 aromatic heterocycles. The number of carbonyl (C=O) groups is 3. The molecule has 3 aliphatic heterocycles. The Morgan fingerprint density at radius 1 is 1.08 bits per heavy atom. The lowest BCUT2D eigenvalue weighted by atomic mass is 9.75. The van der Waals surface area contributed by atoms with Crippen molar-refractivity contribution in [3.8, 4) is 0 Å². The van der Waals surface area contributed by atoms with E-state index in [0.29, 0.717) is 31.8 Å². The predicted octanol–water partition coefficient (Wildman–Crippen LogP) is 4.05. The number of rotatable bonds is 7. The van der Waals surface area contributed by atoms with Crippen molar-refractivity contribution in [2.24, 2.45) is 11.8 Å². The van der Waals surface area contributed by atoms with E-state index in [0.717, 1.165) is 29.2 Å². The second-order valence-electron chi connectivity index (χ2n) is 11.4. The third kappa shape index (κ3) is 3.93. The summed E-state index contributed by atoms with van der Waals surface area (Å²) in [6, 6.07) is 13.4. The van der Waals surface area contributed by atoms with Crippen molar-refractivity contribution in [1.82, 2.24) is 20.4 Å². The Morgan fingerprint density at radius 2 is 1.83 bits per heavy atom. The van der Waals surface area contributed by atoms with Crippen molar-refractivity contribution >= 4 is 28.6 Å². The molecule has 3 aliphatic rings. The minimum absolute atomic E-state index is 0.0123. The zero-order chi connectivity index (χ0) is 25.6. The van der Waals surface area contributed by atoms with Crippen molar-refractivity contribution in [3.63, 3.8) is 0 Å². The van der Waals surface area contributed by atoms with Gasteiger partial charge in [-0.05, 0) is 61.8 Å². The standard InChI is InChI=1S/C29H38N4O3/c1-18(2)13-15-32-25(26(34)30-17-21-10-7-9-20-8-5-6-11-23(20)21)29-14-12-22(16-24(29)27(32)35)33(29)28(36)31-19(3)4/h5-11,18-19,22,24-25H,12-17H2,1-4H3,(H,30,34)(H,31,36)/t22?,24-,25+,29?/m1/s1. The van der Waals surface area contributed by atoms with Gasteiger partial charge in [0.05, 0.1) is 11.5 Å². The van der Waals surface area contributed by atoms with Crippen LogP contribution in [0, 0.1) is 11.8 Å². The maximum Gasteiger partial charge on any atom is 0.318 e. The van der Waals surface area contributed by atoms with Gasteiger partial charge in [0.2, 0.25) is 11.8 Å². The first kappa shape index (κ1) is 24.6. The van der Waals surface area contributed by atoms with Gasteiger partial charge >= 0.3 is 6.03 Å². The van der Waals surface area contributed by atoms with E-state index in [1.807, 2.05) is 43.0 Å². The molecule has 4 amide bonds. The lowest BCUT2D eigenvalue weighted by molar-refractivity contribution is -0.137. The number of hydrogen-bond donors (Lipinski definition) is 2. The van der Waals surface area contributed by atoms with Gasteiger partial charge in [0.15, 0.2) is 0 Å². The Labute approximate surface area is 213 Å². The van der Waals surface area contributed by atoms with Crippen LogP contribution in [0.5, 0.6) is 0 Å². The second kappa shape index (κ2) is 9.41. The number of fused-ring (bicyclic) bond motifs is 2. The minimum atomic E-state index is -0.777. The van der Waals surface area contributed by atoms with Crippen LogP contribution in [0.15, 0.2) is 42.5 Å². The smallest absolute Gasteiger partial charge is 0.318 e. The van der Waals surface area contributed by atoms with Crippen LogP contribution in [-0.4, -0.2) is 57.9 Å². The third-order valence-corrected chi connectivity index (χ3v) is 8.33. The average Bonchev–Trinajstić information content (AvgIpc) is 3.45. The molecule has 2 bridgehead atoms. The van der Waals surface area contributed by atoms with Crippen molar-refractivity contribution in [2.75, 3.05) is 6.54 Å². The van der Waals surface area contributed by atoms with E-state index >= 15 is 0 Å². The van der Waals surface area contributed by atoms with E-state index in [1.165, 1.54) is 0 Å². The largest absolute Gasteiger partial charge is 0.350 e. The number of nitrogens with zero attached hydrogens (tertiary/aromatic N) is 2. The summed E-state index contributed by atoms with van der Waals surface area (Å²) in [6.45, 7) is 9.05. The third-order valence-electron chi connectivity index (χ3n) is 8.33. The van der Waals surface area contributed by atoms with Crippen LogP contribution in [0.4, 0.5) is 4.79 Å². The molecule has 192 valence electrons. The Bertz CT molecular complexity index is 1170. The average molecular weight is 491 g/mol. The van der Waals surface area contributed by atoms with Crippen LogP contribution in [0.2, 0.25) is 0 Å². The summed E-state index contributed by atoms with van der Waals surface area (Å²) >= 11 is 0. The maximum atomic E-state index is 14.0. The SMILES string of the molecule is CC(C)CCN1C(=O)[C@H]2CC3CCC2([C@@H]1C(=O)NCc1cccc2ccccc12)N3C(=O)NC(C)C. The molecule has 4 atom stereocenters. The van der Waals surface area contributed by atoms with Crippen molar-refractivity contribution in [1.29, 1.82) is 0 Å². The molecule has 7 nitrogen and oxygen atoms in total. The molecule has 36 heavy (non-hydrogen) atoms. The Kier molecular flexibility index (Phi) is 6.43. The maximum absolute atomic E-state index is 14.0. The summed E-state index contributed by atoms with van der Waals surface area (Å²) in [5, 5.41) is 8.44. The zero-order valence-electron chi connectivity index (χ0n) is 21.8. The molecule has 0 radical (unpaired) electrons. The van der Waals surface area contributed by atoms with Gasteiger partial charge in [-0.25, -0.2) is 4.79 Å². The molecule has 7 heteroatoms. The molecule has 1 spiro atoms. The molecular weight excluding hydrogens is 452 g/mol. The summed E-state index contributed by atoms with van der Waals surface area (Å²) in [5.41, 5.74) is 0.263. The van der Waals surface area contributed by atoms with Crippen LogP contribution in [0.1, 0.15) is 58.9 Å². The van der Waals surface area contributed by atoms with Crippen LogP contribution in [-0.2, 0) is 16.1 Å². The lowest BCUT2D eigenvalue weighted by Gasteiger charge is -2.40. The molecule has 0 aliphatic carbocycles. The quantitative estimate of drug-likeness (QED) is 0.614. The molecule has 3 fully saturated rings. The van der Waals surface area contributed by atoms with Crippen LogP contribution < -0.4 is 10.6 Å². The second-order valence-corrected chi connectivity index (χ2v) is 11.4. The summed E-state index contributed by atoms with van der Waals surface area (Å²) in [5.74, 6) is -0.0284. The highest BCUT2D eigenvalue weighted by Gasteiger charge is 2.72. The van der Waals surface area contributed by atoms with Crippen molar-refractivity contribution in [2.45, 2.75) is 83.6 Å². The number of carbonyl (C=O) groups excluding carboxylic acids is 3. The summed E-state index contributed by atoms with van der Waals surface area (Å²) in [7, 11) is 0. The fourth-order valence-electron chi connectivity index (χ4n) is 6.80. The van der Waals surface area contributed by atoms with E-state index in [-0.39, 0.29) is 35.8 Å². The van der Waals surface area contributed by atoms with Gasteiger partial charge in [-0.1, -0.05) is 56.3 Å². The lowest BCUT2D eigenvalue weighted by Crippen LogP contribution is -2.63. The highest BCUT2D eigenvalue weighted by atomic mass is 16.2. The highest BCUT2D eigenvalue weighted by molar-refractivity contribution is 5.98. The topological polar surface area (TPSA) is 81.8 Å². The number of amides is 4. The monoisotopic (exact) mass is 490 g/mol. The minimum Gasteiger partial charge on any atom is -0.350 e. The molecule has 0 saturated carbocycles. The summed E-state index contributed by atoms with van der Waals surface area (Å²) in [4.78, 5) is 44.8. The molecule has 2 N–H and O–H groups in total. The van der Waals surface area contributed by atoms with Crippen molar-refractivity contribution in [3.05, 3.63) is 48.0 Å². The van der Waals surface area contributed by atoms with E-state index < -0.39 is 11.6 Å². The first-order valence-electron chi connectivity index (χ1n) is 13.4. The van der Waals surface area contributed by atoms with Gasteiger partial charge in [-0.2, -0.15) is 0 Å². The number of urea groups is 1. The number of nitrogens with one attached hydrogen (secondary N) is 2. The Hall–Kier alpha value is -3.09. The highest BCUT2D eigenvalue weighted by Crippen LogP contribution is 2.57. The molecule has 2 aromatic rings. The Balaban J connectivity index is 1.47. The van der Waals surface area contributed by atoms with E-state index in [9.17, 15) is 14.4 Å². The van der Waals surface area contributed by atoms with Gasteiger partial charge in [-0.15, -0.1) is 0 Å². The first-order chi connectivity index (χ1) is 17.2. The molecule has 5 rings (SSSR count). The molecule has 3 heterocycles. The van der Waals surface area contributed by atoms with Gasteiger partial charge in [0.1, 0.15) is 6.04 Å². The normalized spacial score (nSPS) is 26.8. The van der Waals surface area contributed by atoms with Gasteiger partial charge < -0.3 is 20.4 Å². The summed E-state index contributed by atoms with van der Waals surface area (Å²) < 4.78 is 0. The number of benzene rings is 2. The fraction of sp³-hybridized carbons (Fsp3) is 0.552. The van der Waals surface area contributed by atoms with E-state index in [1.54, 1.807) is 4.90 Å². The molecule has 2 aromatic carbocycles. The predicted molar refractivity (Wildman–Crippen MR) is 140 cm³/mol. The molecular formula is C29H38N4O3. The molecule has 2 unspecified atom stereocenters. The van der Waals surface area contributed by atoms with E-state index in [4.69, 9.17) is 0 Å². The number of hydrogen-bond acceptors (Lipinski definition) is 3. The summed E-state index contributed by atoms with van der Waals surface area (Å²) in [6.07, 6.45) is 2.99. The van der Waals surface area contributed by atoms with Gasteiger partial charge in [-0.3, -0.25) is 9.59 Å². The molecule has 3 saturated heterocycles. The van der Waals surface area contributed by atoms with Crippen LogP contribution in [0.25, 0.3) is 10.8 Å². The van der Waals surface area contributed by atoms with Crippen molar-refractivity contribution < 1.29 is 14.4 Å². The first-order valence-corrected chi connectivity index (χ1v) is 13.4.